The van der Waals surface area contributed by atoms with Crippen LogP contribution in [0, 0.1) is 0 Å². The maximum atomic E-state index is 12.6. The molecule has 0 aromatic carbocycles. The minimum atomic E-state index is 0.0444. The van der Waals surface area contributed by atoms with Crippen molar-refractivity contribution in [1.82, 2.24) is 24.8 Å². The molecule has 2 aromatic heterocycles. The summed E-state index contributed by atoms with van der Waals surface area (Å²) in [7, 11) is 1.94. The highest BCUT2D eigenvalue weighted by atomic mass is 16.2. The molecule has 1 fully saturated rings. The first kappa shape index (κ1) is 12.1. The van der Waals surface area contributed by atoms with Gasteiger partial charge in [0.1, 0.15) is 0 Å². The molecule has 3 rings (SSSR count). The van der Waals surface area contributed by atoms with Gasteiger partial charge in [0.25, 0.3) is 5.91 Å². The number of likely N-dealkylation sites (tertiary alicyclic amines) is 1. The molecule has 0 aliphatic carbocycles. The third-order valence-corrected chi connectivity index (χ3v) is 3.67. The van der Waals surface area contributed by atoms with E-state index in [4.69, 9.17) is 0 Å². The van der Waals surface area contributed by atoms with Crippen molar-refractivity contribution in [1.29, 1.82) is 0 Å². The molecule has 100 valence electrons. The maximum Gasteiger partial charge on any atom is 0.257 e. The summed E-state index contributed by atoms with van der Waals surface area (Å²) in [6.45, 7) is 1.57. The molecule has 19 heavy (non-hydrogen) atoms. The number of aromatic nitrogens is 3. The number of carbonyl (C=O) groups is 1. The van der Waals surface area contributed by atoms with Crippen molar-refractivity contribution in [2.75, 3.05) is 20.1 Å². The van der Waals surface area contributed by atoms with Gasteiger partial charge in [-0.3, -0.25) is 9.78 Å². The second-order valence-electron chi connectivity index (χ2n) is 4.84. The summed E-state index contributed by atoms with van der Waals surface area (Å²) < 4.78 is 1.68. The van der Waals surface area contributed by atoms with Crippen molar-refractivity contribution in [2.45, 2.75) is 18.9 Å². The number of rotatable bonds is 2. The molecule has 1 aliphatic heterocycles. The summed E-state index contributed by atoms with van der Waals surface area (Å²) in [5.41, 5.74) is 1.39. The first-order chi connectivity index (χ1) is 9.29. The lowest BCUT2D eigenvalue weighted by Crippen LogP contribution is -2.46. The zero-order chi connectivity index (χ0) is 13.2. The second kappa shape index (κ2) is 4.97. The predicted molar refractivity (Wildman–Crippen MR) is 71.0 cm³/mol. The van der Waals surface area contributed by atoms with Crippen LogP contribution in [-0.2, 0) is 0 Å². The lowest BCUT2D eigenvalue weighted by Gasteiger charge is -2.32. The van der Waals surface area contributed by atoms with Crippen molar-refractivity contribution in [3.05, 3.63) is 30.4 Å². The molecule has 1 amide bonds. The van der Waals surface area contributed by atoms with Crippen LogP contribution in [0.4, 0.5) is 0 Å². The Kier molecular flexibility index (Phi) is 3.16. The van der Waals surface area contributed by atoms with E-state index in [1.54, 1.807) is 29.3 Å². The first-order valence-corrected chi connectivity index (χ1v) is 6.53. The average Bonchev–Trinajstić information content (AvgIpc) is 2.90. The van der Waals surface area contributed by atoms with Crippen LogP contribution < -0.4 is 5.32 Å². The third kappa shape index (κ3) is 2.19. The SMILES string of the molecule is CNC1CCCN(C(=O)c2cnn3ccncc23)C1. The van der Waals surface area contributed by atoms with Gasteiger partial charge in [0.2, 0.25) is 0 Å². The van der Waals surface area contributed by atoms with E-state index in [0.717, 1.165) is 31.4 Å². The average molecular weight is 259 g/mol. The van der Waals surface area contributed by atoms with Gasteiger partial charge in [-0.1, -0.05) is 0 Å². The van der Waals surface area contributed by atoms with Crippen molar-refractivity contribution in [2.24, 2.45) is 0 Å². The van der Waals surface area contributed by atoms with E-state index in [2.05, 4.69) is 15.4 Å². The fourth-order valence-electron chi connectivity index (χ4n) is 2.57. The molecule has 0 radical (unpaired) electrons. The van der Waals surface area contributed by atoms with Crippen molar-refractivity contribution < 1.29 is 4.79 Å². The monoisotopic (exact) mass is 259 g/mol. The van der Waals surface area contributed by atoms with Crippen LogP contribution in [-0.4, -0.2) is 51.6 Å². The standard InChI is InChI=1S/C13H17N5O/c1-14-10-3-2-5-17(9-10)13(19)11-7-16-18-6-4-15-8-12(11)18/h4,6-8,10,14H,2-3,5,9H2,1H3. The summed E-state index contributed by atoms with van der Waals surface area (Å²) in [6.07, 6.45) is 8.87. The van der Waals surface area contributed by atoms with Crippen LogP contribution >= 0.6 is 0 Å². The Morgan fingerprint density at radius 2 is 2.37 bits per heavy atom. The molecular formula is C13H17N5O. The number of carbonyl (C=O) groups excluding carboxylic acids is 1. The number of hydrogen-bond acceptors (Lipinski definition) is 4. The van der Waals surface area contributed by atoms with E-state index in [1.807, 2.05) is 11.9 Å². The number of amides is 1. The maximum absolute atomic E-state index is 12.6. The van der Waals surface area contributed by atoms with E-state index in [9.17, 15) is 4.79 Å². The summed E-state index contributed by atoms with van der Waals surface area (Å²) in [5.74, 6) is 0.0444. The van der Waals surface area contributed by atoms with Gasteiger partial charge in [0.15, 0.2) is 0 Å². The summed E-state index contributed by atoms with van der Waals surface area (Å²) in [5, 5.41) is 7.43. The summed E-state index contributed by atoms with van der Waals surface area (Å²) >= 11 is 0. The van der Waals surface area contributed by atoms with Gasteiger partial charge in [-0.25, -0.2) is 4.52 Å². The van der Waals surface area contributed by atoms with Crippen molar-refractivity contribution in [3.8, 4) is 0 Å². The molecule has 6 nitrogen and oxygen atoms in total. The van der Waals surface area contributed by atoms with Gasteiger partial charge in [-0.2, -0.15) is 5.10 Å². The smallest absolute Gasteiger partial charge is 0.257 e. The van der Waals surface area contributed by atoms with Crippen molar-refractivity contribution >= 4 is 11.4 Å². The fourth-order valence-corrected chi connectivity index (χ4v) is 2.57. The zero-order valence-electron chi connectivity index (χ0n) is 10.9. The number of fused-ring (bicyclic) bond motifs is 1. The molecule has 1 N–H and O–H groups in total. The van der Waals surface area contributed by atoms with E-state index in [-0.39, 0.29) is 5.91 Å². The van der Waals surface area contributed by atoms with E-state index >= 15 is 0 Å². The molecule has 0 saturated carbocycles. The zero-order valence-corrected chi connectivity index (χ0v) is 10.9. The molecule has 1 saturated heterocycles. The molecule has 6 heteroatoms. The van der Waals surface area contributed by atoms with Gasteiger partial charge < -0.3 is 10.2 Å². The van der Waals surface area contributed by atoms with Crippen LogP contribution in [0.15, 0.2) is 24.8 Å². The van der Waals surface area contributed by atoms with Crippen LogP contribution in [0.1, 0.15) is 23.2 Å². The lowest BCUT2D eigenvalue weighted by atomic mass is 10.1. The van der Waals surface area contributed by atoms with Gasteiger partial charge in [-0.15, -0.1) is 0 Å². The number of hydrogen-bond donors (Lipinski definition) is 1. The van der Waals surface area contributed by atoms with Crippen molar-refractivity contribution in [3.63, 3.8) is 0 Å². The topological polar surface area (TPSA) is 62.5 Å². The number of likely N-dealkylation sites (N-methyl/N-ethyl adjacent to an activating group) is 1. The Morgan fingerprint density at radius 1 is 1.47 bits per heavy atom. The Morgan fingerprint density at radius 3 is 3.21 bits per heavy atom. The minimum Gasteiger partial charge on any atom is -0.337 e. The van der Waals surface area contributed by atoms with Gasteiger partial charge in [-0.05, 0) is 19.9 Å². The Balaban J connectivity index is 1.87. The second-order valence-corrected chi connectivity index (χ2v) is 4.84. The molecule has 1 unspecified atom stereocenters. The van der Waals surface area contributed by atoms with Crippen LogP contribution in [0.2, 0.25) is 0 Å². The Bertz CT molecular complexity index is 593. The van der Waals surface area contributed by atoms with E-state index in [1.165, 1.54) is 0 Å². The van der Waals surface area contributed by atoms with Crippen LogP contribution in [0.25, 0.3) is 5.52 Å². The molecule has 0 bridgehead atoms. The predicted octanol–water partition coefficient (Wildman–Crippen LogP) is 0.553. The highest BCUT2D eigenvalue weighted by Crippen LogP contribution is 2.16. The molecule has 1 aliphatic rings. The quantitative estimate of drug-likeness (QED) is 0.855. The fraction of sp³-hybridized carbons (Fsp3) is 0.462. The minimum absolute atomic E-state index is 0.0444. The van der Waals surface area contributed by atoms with Crippen LogP contribution in [0.5, 0.6) is 0 Å². The van der Waals surface area contributed by atoms with E-state index < -0.39 is 0 Å². The Labute approximate surface area is 111 Å². The summed E-state index contributed by atoms with van der Waals surface area (Å²) in [4.78, 5) is 18.5. The van der Waals surface area contributed by atoms with Gasteiger partial charge in [0.05, 0.1) is 23.5 Å². The largest absolute Gasteiger partial charge is 0.337 e. The van der Waals surface area contributed by atoms with E-state index in [0.29, 0.717) is 11.6 Å². The van der Waals surface area contributed by atoms with Crippen LogP contribution in [0.3, 0.4) is 0 Å². The number of nitrogens with zero attached hydrogens (tertiary/aromatic N) is 4. The molecule has 1 atom stereocenters. The molecular weight excluding hydrogens is 242 g/mol. The molecule has 0 spiro atoms. The Hall–Kier alpha value is -1.95. The lowest BCUT2D eigenvalue weighted by molar-refractivity contribution is 0.0700. The highest BCUT2D eigenvalue weighted by molar-refractivity contribution is 6.00. The molecule has 2 aromatic rings. The summed E-state index contributed by atoms with van der Waals surface area (Å²) in [6, 6.07) is 0.387. The van der Waals surface area contributed by atoms with Gasteiger partial charge in [0, 0.05) is 31.5 Å². The van der Waals surface area contributed by atoms with Gasteiger partial charge >= 0.3 is 0 Å². The first-order valence-electron chi connectivity index (χ1n) is 6.53. The highest BCUT2D eigenvalue weighted by Gasteiger charge is 2.25. The third-order valence-electron chi connectivity index (χ3n) is 3.67. The number of piperidine rings is 1. The normalized spacial score (nSPS) is 19.8. The molecule has 3 heterocycles. The number of nitrogens with one attached hydrogen (secondary N) is 1.